The summed E-state index contributed by atoms with van der Waals surface area (Å²) < 4.78 is 4.54. The van der Waals surface area contributed by atoms with Crippen LogP contribution in [0, 0.1) is 0 Å². The van der Waals surface area contributed by atoms with Crippen molar-refractivity contribution < 1.29 is 14.3 Å². The maximum absolute atomic E-state index is 10.8. The molecule has 4 nitrogen and oxygen atoms in total. The van der Waals surface area contributed by atoms with Crippen LogP contribution in [0.2, 0.25) is 0 Å². The molecule has 4 heteroatoms. The fourth-order valence-corrected chi connectivity index (χ4v) is 0.583. The Hall–Kier alpha value is -0.900. The Balaban J connectivity index is 3.91. The van der Waals surface area contributed by atoms with E-state index >= 15 is 0 Å². The van der Waals surface area contributed by atoms with Gasteiger partial charge in [-0.25, -0.2) is 4.79 Å². The minimum absolute atomic E-state index is 0.253. The maximum atomic E-state index is 10.8. The van der Waals surface area contributed by atoms with Crippen molar-refractivity contribution in [3.8, 4) is 0 Å². The van der Waals surface area contributed by atoms with Crippen molar-refractivity contribution in [3.63, 3.8) is 0 Å². The van der Waals surface area contributed by atoms with E-state index in [2.05, 4.69) is 4.74 Å². The van der Waals surface area contributed by atoms with Crippen LogP contribution in [-0.2, 0) is 14.3 Å². The van der Waals surface area contributed by atoms with E-state index in [1.807, 2.05) is 0 Å². The first kappa shape index (κ1) is 10.1. The molecular weight excluding hydrogens is 146 g/mol. The number of hydrogen-bond acceptors (Lipinski definition) is 4. The van der Waals surface area contributed by atoms with Crippen LogP contribution in [0.3, 0.4) is 0 Å². The van der Waals surface area contributed by atoms with E-state index in [1.165, 1.54) is 0 Å². The van der Waals surface area contributed by atoms with Crippen LogP contribution in [0.5, 0.6) is 0 Å². The number of ketones is 1. The van der Waals surface area contributed by atoms with Crippen LogP contribution in [-0.4, -0.2) is 24.4 Å². The number of ether oxygens (including phenoxy) is 1. The lowest BCUT2D eigenvalue weighted by molar-refractivity contribution is -0.147. The Bertz CT molecular complexity index is 156. The van der Waals surface area contributed by atoms with Crippen LogP contribution in [0.25, 0.3) is 0 Å². The largest absolute Gasteiger partial charge is 0.464 e. The lowest BCUT2D eigenvalue weighted by Crippen LogP contribution is -2.39. The zero-order valence-corrected chi connectivity index (χ0v) is 6.79. The predicted octanol–water partition coefficient (Wildman–Crippen LogP) is -0.144. The molecule has 0 fully saturated rings. The molecule has 0 aliphatic carbocycles. The second kappa shape index (κ2) is 4.85. The standard InChI is InChI=1S/C7H13NO3/c1-3-5(9)6(8)7(10)11-4-2/h6H,3-4,8H2,1-2H3. The Morgan fingerprint density at radius 2 is 2.00 bits per heavy atom. The molecule has 0 heterocycles. The minimum Gasteiger partial charge on any atom is -0.464 e. The highest BCUT2D eigenvalue weighted by Crippen LogP contribution is 1.91. The molecule has 0 aliphatic rings. The zero-order chi connectivity index (χ0) is 8.85. The molecule has 0 saturated heterocycles. The summed E-state index contributed by atoms with van der Waals surface area (Å²) in [6.45, 7) is 3.58. The van der Waals surface area contributed by atoms with Crippen molar-refractivity contribution in [2.45, 2.75) is 26.3 Å². The summed E-state index contributed by atoms with van der Waals surface area (Å²) in [5, 5.41) is 0. The van der Waals surface area contributed by atoms with E-state index in [0.717, 1.165) is 0 Å². The van der Waals surface area contributed by atoms with Gasteiger partial charge >= 0.3 is 5.97 Å². The van der Waals surface area contributed by atoms with Gasteiger partial charge in [-0.2, -0.15) is 0 Å². The van der Waals surface area contributed by atoms with Crippen molar-refractivity contribution in [2.75, 3.05) is 6.61 Å². The minimum atomic E-state index is -1.10. The molecule has 0 bridgehead atoms. The topological polar surface area (TPSA) is 69.4 Å². The molecule has 2 N–H and O–H groups in total. The lowest BCUT2D eigenvalue weighted by atomic mass is 10.1. The van der Waals surface area contributed by atoms with E-state index in [9.17, 15) is 9.59 Å². The normalized spacial score (nSPS) is 12.3. The highest BCUT2D eigenvalue weighted by Gasteiger charge is 2.20. The molecule has 0 aromatic heterocycles. The van der Waals surface area contributed by atoms with Gasteiger partial charge in [-0.05, 0) is 6.92 Å². The van der Waals surface area contributed by atoms with E-state index in [4.69, 9.17) is 5.73 Å². The second-order valence-electron chi connectivity index (χ2n) is 2.05. The Morgan fingerprint density at radius 1 is 1.45 bits per heavy atom. The van der Waals surface area contributed by atoms with Crippen LogP contribution >= 0.6 is 0 Å². The van der Waals surface area contributed by atoms with E-state index in [0.29, 0.717) is 0 Å². The van der Waals surface area contributed by atoms with Gasteiger partial charge in [-0.15, -0.1) is 0 Å². The number of hydrogen-bond donors (Lipinski definition) is 1. The number of carbonyl (C=O) groups is 2. The van der Waals surface area contributed by atoms with Gasteiger partial charge in [0.05, 0.1) is 6.61 Å². The van der Waals surface area contributed by atoms with Gasteiger partial charge in [0.15, 0.2) is 11.8 Å². The van der Waals surface area contributed by atoms with E-state index in [1.54, 1.807) is 13.8 Å². The summed E-state index contributed by atoms with van der Waals surface area (Å²) in [6, 6.07) is -1.10. The average molecular weight is 159 g/mol. The van der Waals surface area contributed by atoms with Gasteiger partial charge in [0, 0.05) is 6.42 Å². The summed E-state index contributed by atoms with van der Waals surface area (Å²) in [5.41, 5.74) is 5.23. The first-order chi connectivity index (χ1) is 5.13. The monoisotopic (exact) mass is 159 g/mol. The first-order valence-electron chi connectivity index (χ1n) is 3.58. The van der Waals surface area contributed by atoms with Gasteiger partial charge in [0.2, 0.25) is 0 Å². The summed E-state index contributed by atoms with van der Waals surface area (Å²) in [4.78, 5) is 21.6. The van der Waals surface area contributed by atoms with Gasteiger partial charge in [-0.1, -0.05) is 6.92 Å². The van der Waals surface area contributed by atoms with Crippen molar-refractivity contribution in [1.29, 1.82) is 0 Å². The number of nitrogens with two attached hydrogens (primary N) is 1. The first-order valence-corrected chi connectivity index (χ1v) is 3.58. The Morgan fingerprint density at radius 3 is 2.36 bits per heavy atom. The van der Waals surface area contributed by atoms with Gasteiger partial charge < -0.3 is 10.5 Å². The van der Waals surface area contributed by atoms with Crippen LogP contribution in [0.1, 0.15) is 20.3 Å². The third-order valence-corrected chi connectivity index (χ3v) is 1.24. The zero-order valence-electron chi connectivity index (χ0n) is 6.79. The van der Waals surface area contributed by atoms with Crippen molar-refractivity contribution in [3.05, 3.63) is 0 Å². The Labute approximate surface area is 65.7 Å². The number of rotatable bonds is 4. The number of esters is 1. The summed E-state index contributed by atoms with van der Waals surface area (Å²) in [5.74, 6) is -0.928. The molecule has 11 heavy (non-hydrogen) atoms. The molecule has 64 valence electrons. The lowest BCUT2D eigenvalue weighted by Gasteiger charge is -2.06. The molecule has 0 rings (SSSR count). The highest BCUT2D eigenvalue weighted by molar-refractivity contribution is 6.02. The summed E-state index contributed by atoms with van der Waals surface area (Å²) in [6.07, 6.45) is 0.264. The molecule has 0 amide bonds. The fraction of sp³-hybridized carbons (Fsp3) is 0.714. The van der Waals surface area contributed by atoms with Gasteiger partial charge in [0.25, 0.3) is 0 Å². The predicted molar refractivity (Wildman–Crippen MR) is 39.9 cm³/mol. The average Bonchev–Trinajstić information content (AvgIpc) is 2.02. The molecule has 0 radical (unpaired) electrons. The number of carbonyl (C=O) groups excluding carboxylic acids is 2. The Kier molecular flexibility index (Phi) is 4.45. The second-order valence-corrected chi connectivity index (χ2v) is 2.05. The number of Topliss-reactive ketones (excluding diaryl/α,β-unsaturated/α-hetero) is 1. The SMILES string of the molecule is CCOC(=O)C(N)C(=O)CC. The van der Waals surface area contributed by atoms with E-state index in [-0.39, 0.29) is 18.8 Å². The van der Waals surface area contributed by atoms with Crippen LogP contribution in [0.15, 0.2) is 0 Å². The molecule has 0 aromatic rings. The van der Waals surface area contributed by atoms with Gasteiger partial charge in [0.1, 0.15) is 0 Å². The van der Waals surface area contributed by atoms with Crippen molar-refractivity contribution >= 4 is 11.8 Å². The van der Waals surface area contributed by atoms with Crippen molar-refractivity contribution in [2.24, 2.45) is 5.73 Å². The van der Waals surface area contributed by atoms with Crippen LogP contribution < -0.4 is 5.73 Å². The summed E-state index contributed by atoms with van der Waals surface area (Å²) >= 11 is 0. The molecule has 0 aliphatic heterocycles. The smallest absolute Gasteiger partial charge is 0.330 e. The van der Waals surface area contributed by atoms with Gasteiger partial charge in [-0.3, -0.25) is 4.79 Å². The maximum Gasteiger partial charge on any atom is 0.330 e. The van der Waals surface area contributed by atoms with E-state index < -0.39 is 12.0 Å². The summed E-state index contributed by atoms with van der Waals surface area (Å²) in [7, 11) is 0. The van der Waals surface area contributed by atoms with Crippen molar-refractivity contribution in [1.82, 2.24) is 0 Å². The fourth-order valence-electron chi connectivity index (χ4n) is 0.583. The molecule has 0 spiro atoms. The van der Waals surface area contributed by atoms with Crippen LogP contribution in [0.4, 0.5) is 0 Å². The third kappa shape index (κ3) is 3.13. The highest BCUT2D eigenvalue weighted by atomic mass is 16.5. The molecule has 1 unspecified atom stereocenters. The quantitative estimate of drug-likeness (QED) is 0.457. The molecule has 0 aromatic carbocycles. The molecule has 1 atom stereocenters. The molecule has 0 saturated carbocycles. The molecular formula is C7H13NO3. The third-order valence-electron chi connectivity index (χ3n) is 1.24.